The number of benzene rings is 1. The number of fused-ring (bicyclic) bond motifs is 5. The minimum atomic E-state index is -4.49. The van der Waals surface area contributed by atoms with Crippen LogP contribution in [0, 0.1) is 0 Å². The lowest BCUT2D eigenvalue weighted by atomic mass is 9.91. The number of nitrogens with one attached hydrogen (secondary N) is 3. The van der Waals surface area contributed by atoms with Gasteiger partial charge in [-0.25, -0.2) is 4.98 Å². The van der Waals surface area contributed by atoms with Crippen LogP contribution in [0.15, 0.2) is 24.4 Å². The molecule has 25 heavy (non-hydrogen) atoms. The maximum absolute atomic E-state index is 13.0. The van der Waals surface area contributed by atoms with Crippen molar-refractivity contribution in [2.24, 2.45) is 0 Å². The molecule has 4 rings (SSSR count). The van der Waals surface area contributed by atoms with Gasteiger partial charge in [-0.1, -0.05) is 6.07 Å². The summed E-state index contributed by atoms with van der Waals surface area (Å²) in [6.07, 6.45) is -1.42. The van der Waals surface area contributed by atoms with Crippen LogP contribution in [0.25, 0.3) is 0 Å². The van der Waals surface area contributed by atoms with Gasteiger partial charge >= 0.3 is 6.18 Å². The fourth-order valence-electron chi connectivity index (χ4n) is 3.59. The normalized spacial score (nSPS) is 21.3. The molecule has 0 radical (unpaired) electrons. The van der Waals surface area contributed by atoms with Gasteiger partial charge < -0.3 is 16.0 Å². The Morgan fingerprint density at radius 1 is 1.20 bits per heavy atom. The molecule has 2 aromatic rings. The average Bonchev–Trinajstić information content (AvgIpc) is 3.16. The summed E-state index contributed by atoms with van der Waals surface area (Å²) >= 11 is 0. The molecule has 0 saturated carbocycles. The molecule has 8 heteroatoms. The first-order valence-corrected chi connectivity index (χ1v) is 8.30. The van der Waals surface area contributed by atoms with Crippen molar-refractivity contribution in [3.8, 4) is 0 Å². The van der Waals surface area contributed by atoms with E-state index in [0.717, 1.165) is 24.7 Å². The van der Waals surface area contributed by atoms with Gasteiger partial charge in [0.15, 0.2) is 0 Å². The fraction of sp³-hybridized carbons (Fsp3) is 0.412. The molecular weight excluding hydrogens is 331 g/mol. The zero-order valence-electron chi connectivity index (χ0n) is 13.6. The van der Waals surface area contributed by atoms with E-state index in [9.17, 15) is 13.2 Å². The van der Waals surface area contributed by atoms with E-state index in [1.807, 2.05) is 12.1 Å². The first-order valence-electron chi connectivity index (χ1n) is 8.30. The van der Waals surface area contributed by atoms with Gasteiger partial charge in [-0.2, -0.15) is 18.2 Å². The second kappa shape index (κ2) is 5.87. The van der Waals surface area contributed by atoms with E-state index in [2.05, 4.69) is 32.0 Å². The lowest BCUT2D eigenvalue weighted by molar-refractivity contribution is -0.137. The lowest BCUT2D eigenvalue weighted by Crippen LogP contribution is -2.14. The molecule has 0 aliphatic carbocycles. The SMILES string of the molecule is CCNc1nc(Nc2ccc3c(c2)[C@H]2CC[C@H]3N2)ncc1C(F)(F)F. The highest BCUT2D eigenvalue weighted by atomic mass is 19.4. The van der Waals surface area contributed by atoms with Crippen molar-refractivity contribution in [2.75, 3.05) is 17.2 Å². The summed E-state index contributed by atoms with van der Waals surface area (Å²) in [5.41, 5.74) is 2.47. The van der Waals surface area contributed by atoms with E-state index in [4.69, 9.17) is 0 Å². The van der Waals surface area contributed by atoms with Crippen molar-refractivity contribution in [3.05, 3.63) is 41.1 Å². The maximum atomic E-state index is 13.0. The fourth-order valence-corrected chi connectivity index (χ4v) is 3.59. The first kappa shape index (κ1) is 16.1. The highest BCUT2D eigenvalue weighted by molar-refractivity contribution is 5.60. The molecule has 0 unspecified atom stereocenters. The summed E-state index contributed by atoms with van der Waals surface area (Å²) < 4.78 is 39.1. The Kier molecular flexibility index (Phi) is 3.79. The number of hydrogen-bond acceptors (Lipinski definition) is 5. The number of aromatic nitrogens is 2. The number of rotatable bonds is 4. The third-order valence-electron chi connectivity index (χ3n) is 4.68. The van der Waals surface area contributed by atoms with Crippen LogP contribution in [0.1, 0.15) is 48.5 Å². The third kappa shape index (κ3) is 2.90. The smallest absolute Gasteiger partial charge is 0.370 e. The predicted octanol–water partition coefficient (Wildman–Crippen LogP) is 4.15. The molecule has 5 nitrogen and oxygen atoms in total. The van der Waals surface area contributed by atoms with Gasteiger partial charge in [0.05, 0.1) is 0 Å². The molecule has 0 spiro atoms. The molecule has 3 heterocycles. The molecule has 0 amide bonds. The minimum absolute atomic E-state index is 0.139. The molecule has 2 bridgehead atoms. The van der Waals surface area contributed by atoms with Crippen molar-refractivity contribution in [1.29, 1.82) is 0 Å². The van der Waals surface area contributed by atoms with Crippen LogP contribution in [-0.2, 0) is 6.18 Å². The van der Waals surface area contributed by atoms with Crippen LogP contribution in [0.3, 0.4) is 0 Å². The molecule has 1 fully saturated rings. The minimum Gasteiger partial charge on any atom is -0.370 e. The van der Waals surface area contributed by atoms with Crippen molar-refractivity contribution in [1.82, 2.24) is 15.3 Å². The highest BCUT2D eigenvalue weighted by Gasteiger charge is 2.36. The largest absolute Gasteiger partial charge is 0.421 e. The van der Waals surface area contributed by atoms with E-state index in [0.29, 0.717) is 18.6 Å². The molecule has 132 valence electrons. The summed E-state index contributed by atoms with van der Waals surface area (Å²) in [5.74, 6) is -0.0746. The number of hydrogen-bond donors (Lipinski definition) is 3. The summed E-state index contributed by atoms with van der Waals surface area (Å²) in [6, 6.07) is 6.79. The Bertz CT molecular complexity index is 805. The second-order valence-electron chi connectivity index (χ2n) is 6.30. The standard InChI is InChI=1S/C17H18F3N5/c1-2-21-15-12(17(18,19)20)8-22-16(25-15)23-9-3-4-10-11(7-9)14-6-5-13(10)24-14/h3-4,7-8,13-14,24H,2,5-6H2,1H3,(H2,21,22,23,25)/t13-,14-/m1/s1. The van der Waals surface area contributed by atoms with E-state index in [-0.39, 0.29) is 11.8 Å². The van der Waals surface area contributed by atoms with Crippen LogP contribution in [0.2, 0.25) is 0 Å². The third-order valence-corrected chi connectivity index (χ3v) is 4.68. The molecule has 1 aromatic carbocycles. The van der Waals surface area contributed by atoms with E-state index in [1.54, 1.807) is 6.92 Å². The Morgan fingerprint density at radius 3 is 2.68 bits per heavy atom. The van der Waals surface area contributed by atoms with Gasteiger partial charge in [0.2, 0.25) is 5.95 Å². The number of alkyl halides is 3. The number of anilines is 3. The Balaban J connectivity index is 1.61. The molecule has 2 aliphatic heterocycles. The van der Waals surface area contributed by atoms with Crippen LogP contribution >= 0.6 is 0 Å². The molecule has 3 N–H and O–H groups in total. The van der Waals surface area contributed by atoms with Crippen LogP contribution in [0.4, 0.5) is 30.6 Å². The Hall–Kier alpha value is -2.35. The van der Waals surface area contributed by atoms with Crippen molar-refractivity contribution in [2.45, 2.75) is 38.0 Å². The number of nitrogens with zero attached hydrogens (tertiary/aromatic N) is 2. The topological polar surface area (TPSA) is 61.9 Å². The predicted molar refractivity (Wildman–Crippen MR) is 88.8 cm³/mol. The summed E-state index contributed by atoms with van der Waals surface area (Å²) in [4.78, 5) is 7.82. The lowest BCUT2D eigenvalue weighted by Gasteiger charge is -2.16. The molecular formula is C17H18F3N5. The van der Waals surface area contributed by atoms with Crippen molar-refractivity contribution in [3.63, 3.8) is 0 Å². The van der Waals surface area contributed by atoms with Crippen molar-refractivity contribution >= 4 is 17.5 Å². The molecule has 2 atom stereocenters. The molecule has 1 aromatic heterocycles. The van der Waals surface area contributed by atoms with Gasteiger partial charge in [0.1, 0.15) is 11.4 Å². The summed E-state index contributed by atoms with van der Waals surface area (Å²) in [6.45, 7) is 2.06. The highest BCUT2D eigenvalue weighted by Crippen LogP contribution is 2.45. The van der Waals surface area contributed by atoms with Gasteiger partial charge in [-0.05, 0) is 43.0 Å². The zero-order valence-corrected chi connectivity index (χ0v) is 13.6. The maximum Gasteiger partial charge on any atom is 0.421 e. The average molecular weight is 349 g/mol. The number of halogens is 3. The first-order chi connectivity index (χ1) is 12.0. The summed E-state index contributed by atoms with van der Waals surface area (Å²) in [5, 5.41) is 9.20. The van der Waals surface area contributed by atoms with Gasteiger partial charge in [0.25, 0.3) is 0 Å². The molecule has 2 aliphatic rings. The Labute approximate surface area is 143 Å². The van der Waals surface area contributed by atoms with Crippen LogP contribution in [-0.4, -0.2) is 16.5 Å². The van der Waals surface area contributed by atoms with Gasteiger partial charge in [-0.3, -0.25) is 0 Å². The Morgan fingerprint density at radius 2 is 1.96 bits per heavy atom. The molecule has 1 saturated heterocycles. The quantitative estimate of drug-likeness (QED) is 0.774. The van der Waals surface area contributed by atoms with Gasteiger partial charge in [-0.15, -0.1) is 0 Å². The zero-order chi connectivity index (χ0) is 17.6. The van der Waals surface area contributed by atoms with E-state index in [1.165, 1.54) is 11.1 Å². The van der Waals surface area contributed by atoms with Crippen LogP contribution in [0.5, 0.6) is 0 Å². The van der Waals surface area contributed by atoms with E-state index < -0.39 is 11.7 Å². The van der Waals surface area contributed by atoms with Crippen molar-refractivity contribution < 1.29 is 13.2 Å². The van der Waals surface area contributed by atoms with Gasteiger partial charge in [0, 0.05) is 30.5 Å². The van der Waals surface area contributed by atoms with Crippen LogP contribution < -0.4 is 16.0 Å². The van der Waals surface area contributed by atoms with E-state index >= 15 is 0 Å². The summed E-state index contributed by atoms with van der Waals surface area (Å²) in [7, 11) is 0. The second-order valence-corrected chi connectivity index (χ2v) is 6.30. The monoisotopic (exact) mass is 349 g/mol.